The summed E-state index contributed by atoms with van der Waals surface area (Å²) < 4.78 is 1.96. The molecule has 2 aromatic carbocycles. The van der Waals surface area contributed by atoms with Crippen molar-refractivity contribution in [3.63, 3.8) is 0 Å². The Labute approximate surface area is 124 Å². The van der Waals surface area contributed by atoms with E-state index in [4.69, 9.17) is 0 Å². The van der Waals surface area contributed by atoms with Crippen LogP contribution in [0.3, 0.4) is 0 Å². The maximum absolute atomic E-state index is 4.41. The Hall–Kier alpha value is -2.61. The van der Waals surface area contributed by atoms with E-state index in [1.165, 1.54) is 27.8 Å². The van der Waals surface area contributed by atoms with Crippen LogP contribution < -0.4 is 0 Å². The first-order valence-corrected chi connectivity index (χ1v) is 7.21. The zero-order chi connectivity index (χ0) is 14.2. The summed E-state index contributed by atoms with van der Waals surface area (Å²) in [5.41, 5.74) is 7.76. The first-order valence-electron chi connectivity index (χ1n) is 7.21. The average Bonchev–Trinajstić information content (AvgIpc) is 3.15. The Balaban J connectivity index is 1.94. The summed E-state index contributed by atoms with van der Waals surface area (Å²) in [6.07, 6.45) is 7.14. The van der Waals surface area contributed by atoms with Gasteiger partial charge in [0.1, 0.15) is 0 Å². The predicted octanol–water partition coefficient (Wildman–Crippen LogP) is 4.50. The van der Waals surface area contributed by atoms with E-state index in [-0.39, 0.29) is 0 Å². The number of hydrogen-bond acceptors (Lipinski definition) is 1. The first kappa shape index (κ1) is 12.2. The molecule has 0 aliphatic heterocycles. The smallest absolute Gasteiger partial charge is 0.0726 e. The van der Waals surface area contributed by atoms with Crippen LogP contribution in [-0.4, -0.2) is 9.78 Å². The van der Waals surface area contributed by atoms with E-state index in [2.05, 4.69) is 60.6 Å². The van der Waals surface area contributed by atoms with E-state index in [0.29, 0.717) is 0 Å². The van der Waals surface area contributed by atoms with Crippen molar-refractivity contribution in [1.29, 1.82) is 0 Å². The molecule has 0 fully saturated rings. The second kappa shape index (κ2) is 4.74. The summed E-state index contributed by atoms with van der Waals surface area (Å²) in [5, 5.41) is 4.41. The van der Waals surface area contributed by atoms with Crippen molar-refractivity contribution in [3.05, 3.63) is 77.6 Å². The van der Waals surface area contributed by atoms with Gasteiger partial charge in [0, 0.05) is 18.0 Å². The minimum absolute atomic E-state index is 1.03. The van der Waals surface area contributed by atoms with Crippen LogP contribution in [0.25, 0.3) is 22.9 Å². The van der Waals surface area contributed by atoms with Gasteiger partial charge in [-0.05, 0) is 42.2 Å². The van der Waals surface area contributed by atoms with E-state index >= 15 is 0 Å². The summed E-state index contributed by atoms with van der Waals surface area (Å²) in [5.74, 6) is 0. The van der Waals surface area contributed by atoms with E-state index in [1.807, 2.05) is 23.1 Å². The van der Waals surface area contributed by atoms with Crippen molar-refractivity contribution >= 4 is 6.08 Å². The fourth-order valence-electron chi connectivity index (χ4n) is 3.01. The van der Waals surface area contributed by atoms with Crippen molar-refractivity contribution in [3.8, 4) is 16.8 Å². The molecule has 4 rings (SSSR count). The Bertz CT molecular complexity index is 812. The molecular formula is C19H16N2. The highest BCUT2D eigenvalue weighted by Crippen LogP contribution is 2.34. The highest BCUT2D eigenvalue weighted by molar-refractivity contribution is 5.77. The van der Waals surface area contributed by atoms with Gasteiger partial charge < -0.3 is 0 Å². The van der Waals surface area contributed by atoms with Crippen LogP contribution in [0, 0.1) is 0 Å². The van der Waals surface area contributed by atoms with Crippen LogP contribution in [0.5, 0.6) is 0 Å². The van der Waals surface area contributed by atoms with E-state index in [9.17, 15) is 0 Å². The number of benzene rings is 2. The molecule has 0 atom stereocenters. The Morgan fingerprint density at radius 3 is 2.62 bits per heavy atom. The molecular weight excluding hydrogens is 256 g/mol. The highest BCUT2D eigenvalue weighted by atomic mass is 15.3. The third kappa shape index (κ3) is 2.09. The Kier molecular flexibility index (Phi) is 2.74. The second-order valence-corrected chi connectivity index (χ2v) is 5.55. The molecule has 21 heavy (non-hydrogen) atoms. The number of fused-ring (bicyclic) bond motifs is 1. The van der Waals surface area contributed by atoms with Gasteiger partial charge in [0.2, 0.25) is 0 Å². The van der Waals surface area contributed by atoms with Gasteiger partial charge in [-0.25, -0.2) is 4.68 Å². The Morgan fingerprint density at radius 2 is 1.86 bits per heavy atom. The Morgan fingerprint density at radius 1 is 1.00 bits per heavy atom. The predicted molar refractivity (Wildman–Crippen MR) is 86.4 cm³/mol. The van der Waals surface area contributed by atoms with E-state index in [1.54, 1.807) is 0 Å². The molecule has 2 heteroatoms. The standard InChI is InChI=1S/C19H16N2/c1-14-10-17-12-16(15-6-3-2-4-7-15)13-19(18(17)11-14)21-9-5-8-20-21/h2-9,11-13H,10H2,1H3. The third-order valence-corrected chi connectivity index (χ3v) is 3.96. The molecule has 0 bridgehead atoms. The third-order valence-electron chi connectivity index (χ3n) is 3.96. The van der Waals surface area contributed by atoms with Crippen molar-refractivity contribution in [2.75, 3.05) is 0 Å². The summed E-state index contributed by atoms with van der Waals surface area (Å²) in [4.78, 5) is 0. The van der Waals surface area contributed by atoms with Crippen molar-refractivity contribution in [2.24, 2.45) is 0 Å². The topological polar surface area (TPSA) is 17.8 Å². The number of aromatic nitrogens is 2. The number of nitrogens with zero attached hydrogens (tertiary/aromatic N) is 2. The molecule has 1 aliphatic rings. The molecule has 1 heterocycles. The van der Waals surface area contributed by atoms with Crippen LogP contribution in [0.15, 0.2) is 66.5 Å². The summed E-state index contributed by atoms with van der Waals surface area (Å²) in [6, 6.07) is 17.0. The number of hydrogen-bond donors (Lipinski definition) is 0. The van der Waals surface area contributed by atoms with Crippen molar-refractivity contribution < 1.29 is 0 Å². The molecule has 1 aliphatic carbocycles. The summed E-state index contributed by atoms with van der Waals surface area (Å²) >= 11 is 0. The van der Waals surface area contributed by atoms with Crippen LogP contribution in [0.1, 0.15) is 18.1 Å². The molecule has 0 radical (unpaired) electrons. The first-order chi connectivity index (χ1) is 10.3. The minimum Gasteiger partial charge on any atom is -0.240 e. The lowest BCUT2D eigenvalue weighted by Crippen LogP contribution is -1.99. The quantitative estimate of drug-likeness (QED) is 0.671. The van der Waals surface area contributed by atoms with Gasteiger partial charge in [-0.3, -0.25) is 0 Å². The van der Waals surface area contributed by atoms with Gasteiger partial charge in [0.05, 0.1) is 5.69 Å². The molecule has 102 valence electrons. The number of allylic oxidation sites excluding steroid dienone is 1. The summed E-state index contributed by atoms with van der Waals surface area (Å²) in [7, 11) is 0. The largest absolute Gasteiger partial charge is 0.240 e. The molecule has 0 unspecified atom stereocenters. The fraction of sp³-hybridized carbons (Fsp3) is 0.105. The monoisotopic (exact) mass is 272 g/mol. The van der Waals surface area contributed by atoms with E-state index in [0.717, 1.165) is 12.1 Å². The van der Waals surface area contributed by atoms with Gasteiger partial charge >= 0.3 is 0 Å². The lowest BCUT2D eigenvalue weighted by molar-refractivity contribution is 0.877. The zero-order valence-electron chi connectivity index (χ0n) is 12.0. The molecule has 0 saturated heterocycles. The number of rotatable bonds is 2. The van der Waals surface area contributed by atoms with Crippen LogP contribution >= 0.6 is 0 Å². The van der Waals surface area contributed by atoms with Gasteiger partial charge in [-0.2, -0.15) is 5.10 Å². The minimum atomic E-state index is 1.03. The van der Waals surface area contributed by atoms with Crippen molar-refractivity contribution in [2.45, 2.75) is 13.3 Å². The van der Waals surface area contributed by atoms with Gasteiger partial charge in [-0.1, -0.05) is 48.0 Å². The molecule has 1 aromatic heterocycles. The fourth-order valence-corrected chi connectivity index (χ4v) is 3.01. The van der Waals surface area contributed by atoms with E-state index < -0.39 is 0 Å². The molecule has 0 N–H and O–H groups in total. The second-order valence-electron chi connectivity index (χ2n) is 5.55. The van der Waals surface area contributed by atoms with Crippen LogP contribution in [0.4, 0.5) is 0 Å². The molecule has 0 saturated carbocycles. The van der Waals surface area contributed by atoms with Gasteiger partial charge in [-0.15, -0.1) is 0 Å². The van der Waals surface area contributed by atoms with Crippen molar-refractivity contribution in [1.82, 2.24) is 9.78 Å². The highest BCUT2D eigenvalue weighted by Gasteiger charge is 2.17. The average molecular weight is 272 g/mol. The van der Waals surface area contributed by atoms with Gasteiger partial charge in [0.15, 0.2) is 0 Å². The lowest BCUT2D eigenvalue weighted by atomic mass is 9.98. The maximum Gasteiger partial charge on any atom is 0.0726 e. The SMILES string of the molecule is CC1=Cc2c(cc(-c3ccccc3)cc2-n2cccn2)C1. The molecule has 3 aromatic rings. The summed E-state index contributed by atoms with van der Waals surface area (Å²) in [6.45, 7) is 2.19. The molecule has 2 nitrogen and oxygen atoms in total. The molecule has 0 spiro atoms. The molecule has 0 amide bonds. The normalized spacial score (nSPS) is 13.1. The zero-order valence-corrected chi connectivity index (χ0v) is 12.0. The van der Waals surface area contributed by atoms with Crippen LogP contribution in [-0.2, 0) is 6.42 Å². The van der Waals surface area contributed by atoms with Crippen LogP contribution in [0.2, 0.25) is 0 Å². The lowest BCUT2D eigenvalue weighted by Gasteiger charge is -2.12. The van der Waals surface area contributed by atoms with Gasteiger partial charge in [0.25, 0.3) is 0 Å². The maximum atomic E-state index is 4.41.